The number of aromatic nitrogens is 4. The fraction of sp³-hybridized carbons (Fsp3) is 0.333. The number of nitrogens with zero attached hydrogens (tertiary/aromatic N) is 4. The van der Waals surface area contributed by atoms with Crippen LogP contribution in [0.5, 0.6) is 0 Å². The van der Waals surface area contributed by atoms with Gasteiger partial charge in [0.15, 0.2) is 0 Å². The van der Waals surface area contributed by atoms with Gasteiger partial charge in [0.05, 0.1) is 5.69 Å². The fourth-order valence-corrected chi connectivity index (χ4v) is 1.98. The smallest absolute Gasteiger partial charge is 0.242 e. The van der Waals surface area contributed by atoms with Gasteiger partial charge in [0.1, 0.15) is 6.54 Å². The van der Waals surface area contributed by atoms with Crippen molar-refractivity contribution in [2.45, 2.75) is 13.3 Å². The van der Waals surface area contributed by atoms with E-state index in [4.69, 9.17) is 12.2 Å². The molecule has 0 fully saturated rings. The van der Waals surface area contributed by atoms with Gasteiger partial charge < -0.3 is 10.5 Å². The van der Waals surface area contributed by atoms with Crippen LogP contribution >= 0.6 is 12.2 Å². The Morgan fingerprint density at radius 1 is 1.57 bits per heavy atom. The average Bonchev–Trinajstić information content (AvgIpc) is 2.85. The predicted octanol–water partition coefficient (Wildman–Crippen LogP) is 1.36. The van der Waals surface area contributed by atoms with Crippen molar-refractivity contribution < 1.29 is 10.0 Å². The zero-order valence-corrected chi connectivity index (χ0v) is 12.3. The van der Waals surface area contributed by atoms with Crippen LogP contribution in [0.2, 0.25) is 0 Å². The van der Waals surface area contributed by atoms with Crippen molar-refractivity contribution in [3.05, 3.63) is 29.0 Å². The highest BCUT2D eigenvalue weighted by atomic mass is 32.1. The summed E-state index contributed by atoms with van der Waals surface area (Å²) in [5.74, 6) is -0.297. The number of carbonyl (C=O) groups excluding carboxylic acids is 1. The first kappa shape index (κ1) is 15.3. The molecule has 0 spiro atoms. The van der Waals surface area contributed by atoms with Crippen molar-refractivity contribution in [2.75, 3.05) is 18.4 Å². The molecule has 2 rings (SSSR count). The van der Waals surface area contributed by atoms with E-state index >= 15 is 0 Å². The van der Waals surface area contributed by atoms with E-state index in [2.05, 4.69) is 20.8 Å². The van der Waals surface area contributed by atoms with Crippen LogP contribution in [0.25, 0.3) is 5.69 Å². The van der Waals surface area contributed by atoms with E-state index in [1.54, 1.807) is 24.3 Å². The second kappa shape index (κ2) is 7.07. The van der Waals surface area contributed by atoms with Crippen molar-refractivity contribution in [1.82, 2.24) is 25.3 Å². The Bertz CT molecular complexity index is 668. The average molecular weight is 308 g/mol. The van der Waals surface area contributed by atoms with Crippen LogP contribution in [0.15, 0.2) is 24.3 Å². The number of hydroxylamine groups is 2. The van der Waals surface area contributed by atoms with E-state index in [1.807, 2.05) is 6.92 Å². The molecule has 9 heteroatoms. The van der Waals surface area contributed by atoms with Gasteiger partial charge in [-0.2, -0.15) is 10.3 Å². The van der Waals surface area contributed by atoms with E-state index in [-0.39, 0.29) is 12.5 Å². The van der Waals surface area contributed by atoms with E-state index in [0.717, 1.165) is 11.5 Å². The number of hydrogen-bond acceptors (Lipinski definition) is 6. The van der Waals surface area contributed by atoms with Crippen LogP contribution < -0.4 is 5.32 Å². The molecule has 0 saturated heterocycles. The SMILES string of the molecule is CCCN(O)CC(=O)Nc1cccc(-n2[nH]nnc2=S)c1. The minimum absolute atomic E-state index is 0.0802. The Morgan fingerprint density at radius 2 is 2.38 bits per heavy atom. The van der Waals surface area contributed by atoms with Gasteiger partial charge in [0.25, 0.3) is 0 Å². The van der Waals surface area contributed by atoms with Gasteiger partial charge in [-0.15, -0.1) is 0 Å². The molecule has 1 heterocycles. The van der Waals surface area contributed by atoms with Gasteiger partial charge in [-0.1, -0.05) is 23.3 Å². The number of aromatic amines is 1. The quantitative estimate of drug-likeness (QED) is 0.550. The maximum Gasteiger partial charge on any atom is 0.242 e. The molecule has 1 aromatic heterocycles. The van der Waals surface area contributed by atoms with Gasteiger partial charge in [0, 0.05) is 12.2 Å². The lowest BCUT2D eigenvalue weighted by atomic mass is 10.2. The second-order valence-corrected chi connectivity index (χ2v) is 4.77. The molecular weight excluding hydrogens is 292 g/mol. The number of benzene rings is 1. The molecular formula is C12H16N6O2S. The van der Waals surface area contributed by atoms with E-state index in [9.17, 15) is 10.0 Å². The molecule has 0 unspecified atom stereocenters. The van der Waals surface area contributed by atoms with Gasteiger partial charge in [-0.25, -0.2) is 4.68 Å². The number of H-pyrrole nitrogens is 1. The molecule has 0 radical (unpaired) electrons. The van der Waals surface area contributed by atoms with Crippen molar-refractivity contribution in [3.63, 3.8) is 0 Å². The molecule has 0 aliphatic carbocycles. The minimum Gasteiger partial charge on any atom is -0.325 e. The van der Waals surface area contributed by atoms with E-state index in [0.29, 0.717) is 22.7 Å². The summed E-state index contributed by atoms with van der Waals surface area (Å²) >= 11 is 5.02. The van der Waals surface area contributed by atoms with Crippen LogP contribution in [0.4, 0.5) is 5.69 Å². The van der Waals surface area contributed by atoms with Gasteiger partial charge in [0.2, 0.25) is 10.7 Å². The maximum atomic E-state index is 11.8. The largest absolute Gasteiger partial charge is 0.325 e. The van der Waals surface area contributed by atoms with Gasteiger partial charge in [-0.3, -0.25) is 4.79 Å². The Hall–Kier alpha value is -2.10. The zero-order chi connectivity index (χ0) is 15.2. The monoisotopic (exact) mass is 308 g/mol. The molecule has 0 saturated carbocycles. The minimum atomic E-state index is -0.297. The fourth-order valence-electron chi connectivity index (χ4n) is 1.79. The first-order valence-corrected chi connectivity index (χ1v) is 6.85. The Labute approximate surface area is 126 Å². The number of anilines is 1. The standard InChI is InChI=1S/C12H16N6O2S/c1-2-6-17(20)8-11(19)13-9-4-3-5-10(7-9)18-12(21)14-15-16-18/h3-5,7,20H,2,6,8H2,1H3,(H,13,19)(H,14,16,21). The summed E-state index contributed by atoms with van der Waals surface area (Å²) in [7, 11) is 0. The molecule has 2 aromatic rings. The molecule has 0 aliphatic rings. The summed E-state index contributed by atoms with van der Waals surface area (Å²) in [6.07, 6.45) is 0.768. The number of carbonyl (C=O) groups is 1. The van der Waals surface area contributed by atoms with Crippen molar-refractivity contribution in [1.29, 1.82) is 0 Å². The topological polar surface area (TPSA) is 99.1 Å². The van der Waals surface area contributed by atoms with Crippen molar-refractivity contribution >= 4 is 23.8 Å². The van der Waals surface area contributed by atoms with Crippen molar-refractivity contribution in [2.24, 2.45) is 0 Å². The molecule has 3 N–H and O–H groups in total. The first-order chi connectivity index (χ1) is 10.1. The Morgan fingerprint density at radius 3 is 3.05 bits per heavy atom. The van der Waals surface area contributed by atoms with Crippen LogP contribution in [0.1, 0.15) is 13.3 Å². The molecule has 0 aliphatic heterocycles. The lowest BCUT2D eigenvalue weighted by Crippen LogP contribution is -2.31. The molecule has 0 atom stereocenters. The highest BCUT2D eigenvalue weighted by Crippen LogP contribution is 2.13. The normalized spacial score (nSPS) is 10.8. The summed E-state index contributed by atoms with van der Waals surface area (Å²) in [5, 5.41) is 23.1. The summed E-state index contributed by atoms with van der Waals surface area (Å²) < 4.78 is 1.81. The summed E-state index contributed by atoms with van der Waals surface area (Å²) in [6, 6.07) is 7.06. The summed E-state index contributed by atoms with van der Waals surface area (Å²) in [4.78, 5) is 11.8. The molecule has 21 heavy (non-hydrogen) atoms. The van der Waals surface area contributed by atoms with Gasteiger partial charge >= 0.3 is 0 Å². The van der Waals surface area contributed by atoms with Crippen molar-refractivity contribution in [3.8, 4) is 5.69 Å². The molecule has 1 aromatic carbocycles. The van der Waals surface area contributed by atoms with Crippen LogP contribution in [-0.2, 0) is 4.79 Å². The second-order valence-electron chi connectivity index (χ2n) is 4.40. The summed E-state index contributed by atoms with van der Waals surface area (Å²) in [6.45, 7) is 2.29. The number of amides is 1. The van der Waals surface area contributed by atoms with E-state index < -0.39 is 0 Å². The summed E-state index contributed by atoms with van der Waals surface area (Å²) in [5.41, 5.74) is 1.30. The number of tetrazole rings is 1. The molecule has 0 bridgehead atoms. The third kappa shape index (κ3) is 4.18. The maximum absolute atomic E-state index is 11.8. The van der Waals surface area contributed by atoms with Crippen LogP contribution in [0.3, 0.4) is 0 Å². The highest BCUT2D eigenvalue weighted by molar-refractivity contribution is 7.71. The number of rotatable bonds is 6. The third-order valence-corrected chi connectivity index (χ3v) is 2.93. The van der Waals surface area contributed by atoms with Crippen LogP contribution in [0, 0.1) is 4.77 Å². The number of hydrogen-bond donors (Lipinski definition) is 3. The lowest BCUT2D eigenvalue weighted by molar-refractivity contribution is -0.133. The Balaban J connectivity index is 2.07. The predicted molar refractivity (Wildman–Crippen MR) is 78.8 cm³/mol. The zero-order valence-electron chi connectivity index (χ0n) is 11.5. The first-order valence-electron chi connectivity index (χ1n) is 6.44. The Kier molecular flexibility index (Phi) is 5.14. The third-order valence-electron chi connectivity index (χ3n) is 2.67. The molecule has 1 amide bonds. The molecule has 112 valence electrons. The highest BCUT2D eigenvalue weighted by Gasteiger charge is 2.08. The lowest BCUT2D eigenvalue weighted by Gasteiger charge is -2.13. The number of nitrogens with one attached hydrogen (secondary N) is 2. The molecule has 8 nitrogen and oxygen atoms in total. The van der Waals surface area contributed by atoms with Gasteiger partial charge in [-0.05, 0) is 36.8 Å². The van der Waals surface area contributed by atoms with Crippen LogP contribution in [-0.4, -0.2) is 49.5 Å². The van der Waals surface area contributed by atoms with E-state index in [1.165, 1.54) is 4.68 Å².